The molecule has 1 unspecified atom stereocenters. The van der Waals surface area contributed by atoms with E-state index in [2.05, 4.69) is 48.9 Å². The van der Waals surface area contributed by atoms with Gasteiger partial charge in [-0.25, -0.2) is 0 Å². The molecule has 2 rings (SSSR count). The average Bonchev–Trinajstić information content (AvgIpc) is 2.73. The summed E-state index contributed by atoms with van der Waals surface area (Å²) in [6, 6.07) is 8.92. The smallest absolute Gasteiger partial charge is 0.0480 e. The van der Waals surface area contributed by atoms with Crippen molar-refractivity contribution in [2.24, 2.45) is 11.7 Å². The van der Waals surface area contributed by atoms with Gasteiger partial charge in [0.15, 0.2) is 0 Å². The Bertz CT molecular complexity index is 499. The molecule has 0 aliphatic rings. The molecule has 0 radical (unpaired) electrons. The van der Waals surface area contributed by atoms with Crippen LogP contribution >= 0.6 is 0 Å². The molecule has 0 saturated carbocycles. The number of benzene rings is 1. The number of fused-ring (bicyclic) bond motifs is 1. The summed E-state index contributed by atoms with van der Waals surface area (Å²) in [4.78, 5) is 0. The maximum atomic E-state index is 5.60. The van der Waals surface area contributed by atoms with E-state index in [4.69, 9.17) is 5.73 Å². The molecule has 2 heteroatoms. The SMILES string of the molecule is CCCC(C)Cn1ccc2cc(CCN)ccc21. The first-order chi connectivity index (χ1) is 8.74. The van der Waals surface area contributed by atoms with Gasteiger partial charge in [-0.2, -0.15) is 0 Å². The van der Waals surface area contributed by atoms with Gasteiger partial charge in [0.1, 0.15) is 0 Å². The van der Waals surface area contributed by atoms with Crippen molar-refractivity contribution < 1.29 is 0 Å². The van der Waals surface area contributed by atoms with Crippen LogP contribution in [0.5, 0.6) is 0 Å². The van der Waals surface area contributed by atoms with Gasteiger partial charge < -0.3 is 10.3 Å². The molecule has 1 aromatic carbocycles. The Morgan fingerprint density at radius 2 is 2.11 bits per heavy atom. The lowest BCUT2D eigenvalue weighted by molar-refractivity contribution is 0.453. The molecule has 2 aromatic rings. The largest absolute Gasteiger partial charge is 0.347 e. The van der Waals surface area contributed by atoms with Gasteiger partial charge >= 0.3 is 0 Å². The van der Waals surface area contributed by atoms with Crippen molar-refractivity contribution in [3.05, 3.63) is 36.0 Å². The number of hydrogen-bond donors (Lipinski definition) is 1. The Balaban J connectivity index is 2.20. The summed E-state index contributed by atoms with van der Waals surface area (Å²) in [6.45, 7) is 6.43. The predicted molar refractivity (Wildman–Crippen MR) is 78.8 cm³/mol. The highest BCUT2D eigenvalue weighted by molar-refractivity contribution is 5.80. The van der Waals surface area contributed by atoms with Gasteiger partial charge in [-0.3, -0.25) is 0 Å². The van der Waals surface area contributed by atoms with E-state index in [0.29, 0.717) is 0 Å². The molecule has 0 aliphatic heterocycles. The molecule has 1 aromatic heterocycles. The maximum absolute atomic E-state index is 5.60. The van der Waals surface area contributed by atoms with Crippen molar-refractivity contribution >= 4 is 10.9 Å². The van der Waals surface area contributed by atoms with Crippen LogP contribution < -0.4 is 5.73 Å². The first-order valence-electron chi connectivity index (χ1n) is 7.02. The Kier molecular flexibility index (Phi) is 4.43. The first-order valence-corrected chi connectivity index (χ1v) is 7.02. The number of rotatable bonds is 6. The van der Waals surface area contributed by atoms with Crippen molar-refractivity contribution in [1.29, 1.82) is 0 Å². The van der Waals surface area contributed by atoms with Gasteiger partial charge in [0.2, 0.25) is 0 Å². The van der Waals surface area contributed by atoms with Gasteiger partial charge in [0, 0.05) is 18.3 Å². The molecule has 0 saturated heterocycles. The van der Waals surface area contributed by atoms with Gasteiger partial charge in [-0.15, -0.1) is 0 Å². The van der Waals surface area contributed by atoms with E-state index in [1.54, 1.807) is 0 Å². The second-order valence-corrected chi connectivity index (χ2v) is 5.29. The lowest BCUT2D eigenvalue weighted by Crippen LogP contribution is -2.06. The van der Waals surface area contributed by atoms with Crippen LogP contribution in [-0.4, -0.2) is 11.1 Å². The van der Waals surface area contributed by atoms with Crippen molar-refractivity contribution in [1.82, 2.24) is 4.57 Å². The van der Waals surface area contributed by atoms with Crippen molar-refractivity contribution in [2.45, 2.75) is 39.7 Å². The Morgan fingerprint density at radius 1 is 1.28 bits per heavy atom. The minimum atomic E-state index is 0.722. The number of nitrogens with zero attached hydrogens (tertiary/aromatic N) is 1. The summed E-state index contributed by atoms with van der Waals surface area (Å²) in [5.41, 5.74) is 8.29. The predicted octanol–water partition coefficient (Wildman–Crippen LogP) is 3.58. The van der Waals surface area contributed by atoms with Crippen LogP contribution in [0.25, 0.3) is 10.9 Å². The van der Waals surface area contributed by atoms with Gasteiger partial charge in [0.25, 0.3) is 0 Å². The fraction of sp³-hybridized carbons (Fsp3) is 0.500. The summed E-state index contributed by atoms with van der Waals surface area (Å²) in [7, 11) is 0. The monoisotopic (exact) mass is 244 g/mol. The lowest BCUT2D eigenvalue weighted by Gasteiger charge is -2.12. The number of hydrogen-bond acceptors (Lipinski definition) is 1. The van der Waals surface area contributed by atoms with Gasteiger partial charge in [0.05, 0.1) is 0 Å². The highest BCUT2D eigenvalue weighted by Crippen LogP contribution is 2.20. The molecule has 0 spiro atoms. The van der Waals surface area contributed by atoms with E-state index in [1.165, 1.54) is 29.3 Å². The Labute approximate surface area is 110 Å². The van der Waals surface area contributed by atoms with Crippen LogP contribution in [0.3, 0.4) is 0 Å². The van der Waals surface area contributed by atoms with E-state index < -0.39 is 0 Å². The zero-order valence-electron chi connectivity index (χ0n) is 11.5. The normalized spacial score (nSPS) is 13.1. The van der Waals surface area contributed by atoms with E-state index in [0.717, 1.165) is 25.4 Å². The molecular formula is C16H24N2. The lowest BCUT2D eigenvalue weighted by atomic mass is 10.1. The van der Waals surface area contributed by atoms with Crippen molar-refractivity contribution in [3.8, 4) is 0 Å². The summed E-state index contributed by atoms with van der Waals surface area (Å²) in [5.74, 6) is 0.745. The molecule has 0 fully saturated rings. The molecule has 1 atom stereocenters. The van der Waals surface area contributed by atoms with Crippen LogP contribution in [-0.2, 0) is 13.0 Å². The minimum absolute atomic E-state index is 0.722. The quantitative estimate of drug-likeness (QED) is 0.827. The second kappa shape index (κ2) is 6.05. The third-order valence-electron chi connectivity index (χ3n) is 3.56. The van der Waals surface area contributed by atoms with Crippen LogP contribution in [0.4, 0.5) is 0 Å². The number of nitrogens with two attached hydrogens (primary N) is 1. The average molecular weight is 244 g/mol. The molecule has 0 aliphatic carbocycles. The Hall–Kier alpha value is -1.28. The van der Waals surface area contributed by atoms with Gasteiger partial charge in [-0.1, -0.05) is 26.3 Å². The summed E-state index contributed by atoms with van der Waals surface area (Å²) < 4.78 is 2.38. The van der Waals surface area contributed by atoms with E-state index in [-0.39, 0.29) is 0 Å². The standard InChI is InChI=1S/C16H24N2/c1-3-4-13(2)12-18-10-8-15-11-14(7-9-17)5-6-16(15)18/h5-6,8,10-11,13H,3-4,7,9,12,17H2,1-2H3. The van der Waals surface area contributed by atoms with E-state index in [9.17, 15) is 0 Å². The fourth-order valence-corrected chi connectivity index (χ4v) is 2.65. The van der Waals surface area contributed by atoms with Crippen LogP contribution in [0.1, 0.15) is 32.3 Å². The molecule has 1 heterocycles. The molecular weight excluding hydrogens is 220 g/mol. The number of aromatic nitrogens is 1. The topological polar surface area (TPSA) is 30.9 Å². The van der Waals surface area contributed by atoms with Crippen LogP contribution in [0.15, 0.2) is 30.5 Å². The van der Waals surface area contributed by atoms with E-state index in [1.807, 2.05) is 0 Å². The third kappa shape index (κ3) is 2.94. The van der Waals surface area contributed by atoms with Crippen molar-refractivity contribution in [3.63, 3.8) is 0 Å². The second-order valence-electron chi connectivity index (χ2n) is 5.29. The first kappa shape index (κ1) is 13.2. The molecule has 0 amide bonds. The molecule has 2 nitrogen and oxygen atoms in total. The summed E-state index contributed by atoms with van der Waals surface area (Å²) in [5, 5.41) is 1.34. The molecule has 0 bridgehead atoms. The molecule has 18 heavy (non-hydrogen) atoms. The zero-order valence-corrected chi connectivity index (χ0v) is 11.5. The fourth-order valence-electron chi connectivity index (χ4n) is 2.65. The van der Waals surface area contributed by atoms with Gasteiger partial charge in [-0.05, 0) is 54.5 Å². The summed E-state index contributed by atoms with van der Waals surface area (Å²) >= 11 is 0. The highest BCUT2D eigenvalue weighted by atomic mass is 15.0. The van der Waals surface area contributed by atoms with Crippen molar-refractivity contribution in [2.75, 3.05) is 6.54 Å². The van der Waals surface area contributed by atoms with Crippen LogP contribution in [0, 0.1) is 5.92 Å². The maximum Gasteiger partial charge on any atom is 0.0480 e. The molecule has 98 valence electrons. The third-order valence-corrected chi connectivity index (χ3v) is 3.56. The summed E-state index contributed by atoms with van der Waals surface area (Å²) in [6.07, 6.45) is 5.74. The minimum Gasteiger partial charge on any atom is -0.347 e. The molecule has 2 N–H and O–H groups in total. The highest BCUT2D eigenvalue weighted by Gasteiger charge is 2.06. The van der Waals surface area contributed by atoms with E-state index >= 15 is 0 Å². The van der Waals surface area contributed by atoms with Crippen LogP contribution in [0.2, 0.25) is 0 Å². The Morgan fingerprint density at radius 3 is 2.83 bits per heavy atom. The zero-order chi connectivity index (χ0) is 13.0.